The molecule has 0 saturated carbocycles. The molecule has 0 aliphatic heterocycles. The Morgan fingerprint density at radius 3 is 2.31 bits per heavy atom. The van der Waals surface area contributed by atoms with Crippen LogP contribution in [0, 0.1) is 0 Å². The highest BCUT2D eigenvalue weighted by Gasteiger charge is 2.16. The second-order valence-electron chi connectivity index (χ2n) is 2.85. The molecule has 0 aliphatic carbocycles. The van der Waals surface area contributed by atoms with Gasteiger partial charge in [-0.1, -0.05) is 29.3 Å². The largest absolute Gasteiger partial charge is 0.390 e. The second-order valence-corrected chi connectivity index (χ2v) is 3.69. The van der Waals surface area contributed by atoms with Crippen LogP contribution in [0.25, 0.3) is 0 Å². The Balaban J connectivity index is 3.01. The molecule has 4 heteroatoms. The van der Waals surface area contributed by atoms with E-state index in [-0.39, 0.29) is 0 Å². The Morgan fingerprint density at radius 1 is 1.23 bits per heavy atom. The smallest absolute Gasteiger partial charge is 0.106 e. The summed E-state index contributed by atoms with van der Waals surface area (Å²) in [6.45, 7) is 1.50. The van der Waals surface area contributed by atoms with Gasteiger partial charge in [0.1, 0.15) is 6.10 Å². The first-order valence-electron chi connectivity index (χ1n) is 3.83. The molecule has 13 heavy (non-hydrogen) atoms. The predicted molar refractivity (Wildman–Crippen MR) is 53.1 cm³/mol. The Labute approximate surface area is 86.7 Å². The maximum Gasteiger partial charge on any atom is 0.106 e. The van der Waals surface area contributed by atoms with Crippen LogP contribution in [0.5, 0.6) is 0 Å². The summed E-state index contributed by atoms with van der Waals surface area (Å²) in [7, 11) is 0. The van der Waals surface area contributed by atoms with E-state index in [0.717, 1.165) is 0 Å². The van der Waals surface area contributed by atoms with Crippen molar-refractivity contribution in [3.63, 3.8) is 0 Å². The molecule has 1 unspecified atom stereocenters. The number of aliphatic hydroxyl groups excluding tert-OH is 2. The van der Waals surface area contributed by atoms with Gasteiger partial charge >= 0.3 is 0 Å². The van der Waals surface area contributed by atoms with Crippen molar-refractivity contribution >= 4 is 23.2 Å². The third kappa shape index (κ3) is 2.58. The molecule has 0 aliphatic rings. The van der Waals surface area contributed by atoms with E-state index in [4.69, 9.17) is 28.3 Å². The van der Waals surface area contributed by atoms with Gasteiger partial charge in [0.05, 0.1) is 6.10 Å². The van der Waals surface area contributed by atoms with E-state index in [1.54, 1.807) is 12.1 Å². The van der Waals surface area contributed by atoms with Gasteiger partial charge in [-0.3, -0.25) is 0 Å². The van der Waals surface area contributed by atoms with E-state index in [2.05, 4.69) is 0 Å². The zero-order chi connectivity index (χ0) is 10.0. The van der Waals surface area contributed by atoms with Crippen molar-refractivity contribution in [2.75, 3.05) is 0 Å². The lowest BCUT2D eigenvalue weighted by Gasteiger charge is -2.15. The summed E-state index contributed by atoms with van der Waals surface area (Å²) in [4.78, 5) is 0. The second kappa shape index (κ2) is 4.29. The topological polar surface area (TPSA) is 40.5 Å². The maximum atomic E-state index is 9.49. The fourth-order valence-electron chi connectivity index (χ4n) is 1.00. The average Bonchev–Trinajstić information content (AvgIpc) is 2.03. The molecule has 2 N–H and O–H groups in total. The minimum absolute atomic E-state index is 0.362. The van der Waals surface area contributed by atoms with Crippen LogP contribution in [-0.2, 0) is 0 Å². The third-order valence-electron chi connectivity index (χ3n) is 1.74. The van der Waals surface area contributed by atoms with E-state index in [1.807, 2.05) is 0 Å². The molecule has 2 nitrogen and oxygen atoms in total. The van der Waals surface area contributed by atoms with Crippen molar-refractivity contribution in [1.82, 2.24) is 0 Å². The predicted octanol–water partition coefficient (Wildman–Crippen LogP) is 2.41. The van der Waals surface area contributed by atoms with Gasteiger partial charge in [-0.2, -0.15) is 0 Å². The summed E-state index contributed by atoms with van der Waals surface area (Å²) in [5.74, 6) is 0. The molecule has 0 saturated heterocycles. The van der Waals surface area contributed by atoms with Crippen LogP contribution in [0.2, 0.25) is 10.0 Å². The van der Waals surface area contributed by atoms with Crippen LogP contribution in [-0.4, -0.2) is 16.3 Å². The van der Waals surface area contributed by atoms with Gasteiger partial charge in [0.15, 0.2) is 0 Å². The summed E-state index contributed by atoms with van der Waals surface area (Å²) in [6, 6.07) is 4.75. The molecule has 0 amide bonds. The summed E-state index contributed by atoms with van der Waals surface area (Å²) in [5.41, 5.74) is 0.487. The van der Waals surface area contributed by atoms with Gasteiger partial charge in [0.25, 0.3) is 0 Å². The minimum Gasteiger partial charge on any atom is -0.390 e. The summed E-state index contributed by atoms with van der Waals surface area (Å²) >= 11 is 11.5. The van der Waals surface area contributed by atoms with Gasteiger partial charge in [0.2, 0.25) is 0 Å². The zero-order valence-electron chi connectivity index (χ0n) is 7.04. The summed E-state index contributed by atoms with van der Waals surface area (Å²) in [6.07, 6.45) is -1.82. The molecular formula is C9H10Cl2O2. The standard InChI is InChI=1S/C9H10Cl2O2/c1-5(12)9(13)7-3-2-6(10)4-8(7)11/h2-5,9,12-13H,1H3/t5?,9-/m1/s1. The fourth-order valence-corrected chi connectivity index (χ4v) is 1.52. The van der Waals surface area contributed by atoms with Crippen molar-refractivity contribution in [3.05, 3.63) is 33.8 Å². The molecule has 0 fully saturated rings. The van der Waals surface area contributed by atoms with Gasteiger partial charge in [-0.15, -0.1) is 0 Å². The number of halogens is 2. The van der Waals surface area contributed by atoms with Crippen LogP contribution < -0.4 is 0 Å². The quantitative estimate of drug-likeness (QED) is 0.804. The molecule has 1 aromatic carbocycles. The SMILES string of the molecule is CC(O)[C@@H](O)c1ccc(Cl)cc1Cl. The van der Waals surface area contributed by atoms with Crippen molar-refractivity contribution in [2.45, 2.75) is 19.1 Å². The van der Waals surface area contributed by atoms with Crippen LogP contribution >= 0.6 is 23.2 Å². The Bertz CT molecular complexity index is 300. The molecule has 1 aromatic rings. The lowest BCUT2D eigenvalue weighted by Crippen LogP contribution is -2.14. The molecule has 0 heterocycles. The van der Waals surface area contributed by atoms with Crippen molar-refractivity contribution in [2.24, 2.45) is 0 Å². The number of hydrogen-bond acceptors (Lipinski definition) is 2. The molecule has 1 rings (SSSR count). The normalized spacial score (nSPS) is 15.5. The summed E-state index contributed by atoms with van der Waals surface area (Å²) < 4.78 is 0. The Kier molecular flexibility index (Phi) is 3.56. The van der Waals surface area contributed by atoms with Crippen molar-refractivity contribution < 1.29 is 10.2 Å². The first-order chi connectivity index (χ1) is 6.02. The first-order valence-corrected chi connectivity index (χ1v) is 4.59. The van der Waals surface area contributed by atoms with Crippen LogP contribution in [0.3, 0.4) is 0 Å². The number of rotatable bonds is 2. The minimum atomic E-state index is -0.968. The lowest BCUT2D eigenvalue weighted by molar-refractivity contribution is 0.0306. The van der Waals surface area contributed by atoms with Gasteiger partial charge in [0, 0.05) is 15.6 Å². The Hall–Kier alpha value is -0.280. The zero-order valence-corrected chi connectivity index (χ0v) is 8.55. The number of aliphatic hydroxyl groups is 2. The van der Waals surface area contributed by atoms with E-state index in [1.165, 1.54) is 13.0 Å². The molecule has 2 atom stereocenters. The highest BCUT2D eigenvalue weighted by atomic mass is 35.5. The monoisotopic (exact) mass is 220 g/mol. The molecule has 0 aromatic heterocycles. The molecule has 0 bridgehead atoms. The summed E-state index contributed by atoms with van der Waals surface area (Å²) in [5, 5.41) is 19.5. The maximum absolute atomic E-state index is 9.49. The molecular weight excluding hydrogens is 211 g/mol. The van der Waals surface area contributed by atoms with Crippen molar-refractivity contribution in [3.8, 4) is 0 Å². The first kappa shape index (κ1) is 10.8. The van der Waals surface area contributed by atoms with Crippen LogP contribution in [0.15, 0.2) is 18.2 Å². The van der Waals surface area contributed by atoms with Crippen LogP contribution in [0.4, 0.5) is 0 Å². The van der Waals surface area contributed by atoms with E-state index in [0.29, 0.717) is 15.6 Å². The third-order valence-corrected chi connectivity index (χ3v) is 2.30. The van der Waals surface area contributed by atoms with Gasteiger partial charge in [-0.05, 0) is 19.1 Å². The molecule has 72 valence electrons. The highest BCUT2D eigenvalue weighted by Crippen LogP contribution is 2.27. The lowest BCUT2D eigenvalue weighted by atomic mass is 10.1. The highest BCUT2D eigenvalue weighted by molar-refractivity contribution is 6.35. The van der Waals surface area contributed by atoms with Crippen molar-refractivity contribution in [1.29, 1.82) is 0 Å². The number of hydrogen-bond donors (Lipinski definition) is 2. The van der Waals surface area contributed by atoms with Gasteiger partial charge < -0.3 is 10.2 Å². The molecule has 0 radical (unpaired) electrons. The average molecular weight is 221 g/mol. The van der Waals surface area contributed by atoms with E-state index in [9.17, 15) is 5.11 Å². The molecule has 0 spiro atoms. The van der Waals surface area contributed by atoms with Crippen LogP contribution in [0.1, 0.15) is 18.6 Å². The van der Waals surface area contributed by atoms with E-state index >= 15 is 0 Å². The van der Waals surface area contributed by atoms with E-state index < -0.39 is 12.2 Å². The van der Waals surface area contributed by atoms with Gasteiger partial charge in [-0.25, -0.2) is 0 Å². The Morgan fingerprint density at radius 2 is 1.85 bits per heavy atom. The number of benzene rings is 1. The fraction of sp³-hybridized carbons (Fsp3) is 0.333.